The molecule has 0 aliphatic carbocycles. The Morgan fingerprint density at radius 3 is 2.50 bits per heavy atom. The molecule has 0 rings (SSSR count). The summed E-state index contributed by atoms with van der Waals surface area (Å²) in [6.45, 7) is 10.6. The Kier molecular flexibility index (Phi) is 8.15. The van der Waals surface area contributed by atoms with Gasteiger partial charge in [-0.3, -0.25) is 4.79 Å². The van der Waals surface area contributed by atoms with Crippen LogP contribution in [0.5, 0.6) is 0 Å². The Hall–Kier alpha value is -0.650. The molecule has 1 unspecified atom stereocenters. The minimum Gasteiger partial charge on any atom is -0.379 e. The summed E-state index contributed by atoms with van der Waals surface area (Å²) >= 11 is 0. The highest BCUT2D eigenvalue weighted by Crippen LogP contribution is 2.14. The maximum atomic E-state index is 12.0. The van der Waals surface area contributed by atoms with Gasteiger partial charge in [0.25, 0.3) is 5.91 Å². The van der Waals surface area contributed by atoms with Crippen LogP contribution in [0.15, 0.2) is 0 Å². The number of carbonyl (C=O) groups excluding carboxylic acids is 1. The lowest BCUT2D eigenvalue weighted by Gasteiger charge is -2.30. The Labute approximate surface area is 111 Å². The lowest BCUT2D eigenvalue weighted by atomic mass is 9.93. The second-order valence-electron chi connectivity index (χ2n) is 5.27. The lowest BCUT2D eigenvalue weighted by molar-refractivity contribution is -0.143. The third kappa shape index (κ3) is 6.93. The molecule has 0 heterocycles. The molecule has 0 spiro atoms. The molecule has 0 aliphatic rings. The molecule has 0 fully saturated rings. The van der Waals surface area contributed by atoms with Crippen LogP contribution in [0.1, 0.15) is 27.7 Å². The van der Waals surface area contributed by atoms with Crippen LogP contribution in [0.4, 0.5) is 0 Å². The van der Waals surface area contributed by atoms with Crippen molar-refractivity contribution in [3.63, 3.8) is 0 Å². The summed E-state index contributed by atoms with van der Waals surface area (Å²) in [5.41, 5.74) is 5.58. The normalized spacial score (nSPS) is 13.4. The number of hydrogen-bond acceptors (Lipinski definition) is 4. The first-order chi connectivity index (χ1) is 8.34. The van der Waals surface area contributed by atoms with E-state index in [9.17, 15) is 4.79 Å². The number of ether oxygens (including phenoxy) is 2. The van der Waals surface area contributed by atoms with Gasteiger partial charge in [-0.25, -0.2) is 0 Å². The molecule has 18 heavy (non-hydrogen) atoms. The maximum absolute atomic E-state index is 12.0. The van der Waals surface area contributed by atoms with E-state index in [4.69, 9.17) is 15.2 Å². The zero-order chi connectivity index (χ0) is 14.2. The van der Waals surface area contributed by atoms with Gasteiger partial charge < -0.3 is 20.1 Å². The fourth-order valence-electron chi connectivity index (χ4n) is 1.59. The quantitative estimate of drug-likeness (QED) is 0.625. The summed E-state index contributed by atoms with van der Waals surface area (Å²) < 4.78 is 10.6. The molecule has 2 N–H and O–H groups in total. The number of carbonyl (C=O) groups is 1. The van der Waals surface area contributed by atoms with Crippen LogP contribution < -0.4 is 5.73 Å². The molecule has 0 aromatic heterocycles. The Bertz CT molecular complexity index is 244. The van der Waals surface area contributed by atoms with Gasteiger partial charge in [0.2, 0.25) is 0 Å². The molecule has 0 aromatic carbocycles. The summed E-state index contributed by atoms with van der Waals surface area (Å²) in [6.07, 6.45) is -0.441. The maximum Gasteiger partial charge on any atom is 0.251 e. The summed E-state index contributed by atoms with van der Waals surface area (Å²) in [4.78, 5) is 13.7. The molecule has 0 saturated heterocycles. The first kappa shape index (κ1) is 17.4. The summed E-state index contributed by atoms with van der Waals surface area (Å²) in [5, 5.41) is 0. The Morgan fingerprint density at radius 1 is 1.39 bits per heavy atom. The van der Waals surface area contributed by atoms with Crippen molar-refractivity contribution in [3.05, 3.63) is 0 Å². The minimum atomic E-state index is -0.441. The summed E-state index contributed by atoms with van der Waals surface area (Å²) in [5.74, 6) is -0.0203. The largest absolute Gasteiger partial charge is 0.379 e. The smallest absolute Gasteiger partial charge is 0.251 e. The second-order valence-corrected chi connectivity index (χ2v) is 5.27. The topological polar surface area (TPSA) is 64.8 Å². The lowest BCUT2D eigenvalue weighted by Crippen LogP contribution is -2.44. The highest BCUT2D eigenvalue weighted by molar-refractivity contribution is 5.80. The van der Waals surface area contributed by atoms with E-state index in [2.05, 4.69) is 0 Å². The van der Waals surface area contributed by atoms with Crippen molar-refractivity contribution in [1.29, 1.82) is 0 Å². The number of nitrogens with zero attached hydrogens (tertiary/aromatic N) is 1. The molecule has 0 aliphatic heterocycles. The fraction of sp³-hybridized carbons (Fsp3) is 0.923. The van der Waals surface area contributed by atoms with Crippen molar-refractivity contribution in [1.82, 2.24) is 4.90 Å². The molecule has 5 nitrogen and oxygen atoms in total. The van der Waals surface area contributed by atoms with Crippen molar-refractivity contribution >= 4 is 5.91 Å². The van der Waals surface area contributed by atoms with Gasteiger partial charge in [0.1, 0.15) is 6.10 Å². The van der Waals surface area contributed by atoms with Crippen LogP contribution in [0.2, 0.25) is 0 Å². The van der Waals surface area contributed by atoms with Crippen LogP contribution in [-0.2, 0) is 14.3 Å². The second kappa shape index (κ2) is 8.45. The van der Waals surface area contributed by atoms with Gasteiger partial charge in [-0.15, -0.1) is 0 Å². The standard InChI is InChI=1S/C13H28N2O3/c1-6-17-7-8-18-11(2)12(16)15(5)10-13(3,4)9-14/h11H,6-10,14H2,1-5H3. The molecule has 108 valence electrons. The van der Waals surface area contributed by atoms with E-state index in [1.165, 1.54) is 0 Å². The predicted molar refractivity (Wildman–Crippen MR) is 72.4 cm³/mol. The number of amides is 1. The van der Waals surface area contributed by atoms with Gasteiger partial charge in [0.05, 0.1) is 13.2 Å². The molecule has 0 saturated carbocycles. The monoisotopic (exact) mass is 260 g/mol. The van der Waals surface area contributed by atoms with Crippen LogP contribution in [0.25, 0.3) is 0 Å². The fourth-order valence-corrected chi connectivity index (χ4v) is 1.59. The van der Waals surface area contributed by atoms with Gasteiger partial charge in [0.15, 0.2) is 0 Å². The first-order valence-corrected chi connectivity index (χ1v) is 6.48. The third-order valence-electron chi connectivity index (χ3n) is 2.74. The van der Waals surface area contributed by atoms with Crippen molar-refractivity contribution in [2.75, 3.05) is 40.0 Å². The SMILES string of the molecule is CCOCCOC(C)C(=O)N(C)CC(C)(C)CN. The van der Waals surface area contributed by atoms with E-state index in [-0.39, 0.29) is 11.3 Å². The highest BCUT2D eigenvalue weighted by atomic mass is 16.5. The molecule has 1 amide bonds. The predicted octanol–water partition coefficient (Wildman–Crippen LogP) is 0.871. The Morgan fingerprint density at radius 2 is 2.00 bits per heavy atom. The van der Waals surface area contributed by atoms with Crippen LogP contribution >= 0.6 is 0 Å². The Balaban J connectivity index is 4.04. The summed E-state index contributed by atoms with van der Waals surface area (Å²) in [7, 11) is 1.78. The first-order valence-electron chi connectivity index (χ1n) is 6.48. The summed E-state index contributed by atoms with van der Waals surface area (Å²) in [6, 6.07) is 0. The molecular formula is C13H28N2O3. The van der Waals surface area contributed by atoms with Crippen LogP contribution in [0, 0.1) is 5.41 Å². The van der Waals surface area contributed by atoms with Gasteiger partial charge >= 0.3 is 0 Å². The average Bonchev–Trinajstić information content (AvgIpc) is 2.32. The minimum absolute atomic E-state index is 0.0203. The average molecular weight is 260 g/mol. The number of rotatable bonds is 9. The van der Waals surface area contributed by atoms with Crippen molar-refractivity contribution in [2.24, 2.45) is 11.1 Å². The molecule has 1 atom stereocenters. The van der Waals surface area contributed by atoms with E-state index < -0.39 is 6.10 Å². The van der Waals surface area contributed by atoms with Gasteiger partial charge in [-0.1, -0.05) is 13.8 Å². The van der Waals surface area contributed by atoms with Crippen molar-refractivity contribution in [3.8, 4) is 0 Å². The molecular weight excluding hydrogens is 232 g/mol. The van der Waals surface area contributed by atoms with Crippen molar-refractivity contribution < 1.29 is 14.3 Å². The molecule has 0 aromatic rings. The van der Waals surface area contributed by atoms with Crippen LogP contribution in [0.3, 0.4) is 0 Å². The third-order valence-corrected chi connectivity index (χ3v) is 2.74. The van der Waals surface area contributed by atoms with Gasteiger partial charge in [-0.05, 0) is 25.8 Å². The number of hydrogen-bond donors (Lipinski definition) is 1. The molecule has 0 bridgehead atoms. The van der Waals surface area contributed by atoms with E-state index in [1.54, 1.807) is 18.9 Å². The van der Waals surface area contributed by atoms with Crippen LogP contribution in [-0.4, -0.2) is 56.9 Å². The van der Waals surface area contributed by atoms with E-state index >= 15 is 0 Å². The number of nitrogens with two attached hydrogens (primary N) is 1. The number of likely N-dealkylation sites (N-methyl/N-ethyl adjacent to an activating group) is 1. The molecule has 0 radical (unpaired) electrons. The molecule has 5 heteroatoms. The van der Waals surface area contributed by atoms with Gasteiger partial charge in [-0.2, -0.15) is 0 Å². The van der Waals surface area contributed by atoms with E-state index in [0.717, 1.165) is 0 Å². The van der Waals surface area contributed by atoms with Crippen molar-refractivity contribution in [2.45, 2.75) is 33.8 Å². The van der Waals surface area contributed by atoms with E-state index in [0.29, 0.717) is 32.9 Å². The van der Waals surface area contributed by atoms with E-state index in [1.807, 2.05) is 20.8 Å². The zero-order valence-electron chi connectivity index (χ0n) is 12.4. The highest BCUT2D eigenvalue weighted by Gasteiger charge is 2.24. The van der Waals surface area contributed by atoms with Gasteiger partial charge in [0, 0.05) is 20.2 Å². The zero-order valence-corrected chi connectivity index (χ0v) is 12.4.